The molecule has 3 aromatic rings. The Labute approximate surface area is 151 Å². The van der Waals surface area contributed by atoms with Crippen molar-refractivity contribution in [3.63, 3.8) is 0 Å². The van der Waals surface area contributed by atoms with Gasteiger partial charge in [-0.3, -0.25) is 14.5 Å². The Morgan fingerprint density at radius 2 is 1.81 bits per heavy atom. The SMILES string of the molecule is COc1cccc(OC)c1C(=O)NCCn1ccc(-c2ccccn2)n1. The first kappa shape index (κ1) is 17.5. The summed E-state index contributed by atoms with van der Waals surface area (Å²) < 4.78 is 12.3. The third kappa shape index (κ3) is 3.83. The number of carbonyl (C=O) groups excluding carboxylic acids is 1. The summed E-state index contributed by atoms with van der Waals surface area (Å²) in [6, 6.07) is 12.8. The lowest BCUT2D eigenvalue weighted by Gasteiger charge is -2.13. The number of hydrogen-bond acceptors (Lipinski definition) is 5. The summed E-state index contributed by atoms with van der Waals surface area (Å²) in [5.41, 5.74) is 1.99. The maximum absolute atomic E-state index is 12.5. The van der Waals surface area contributed by atoms with Crippen LogP contribution in [0.3, 0.4) is 0 Å². The molecule has 2 heterocycles. The molecule has 7 nitrogen and oxygen atoms in total. The minimum atomic E-state index is -0.253. The van der Waals surface area contributed by atoms with Gasteiger partial charge >= 0.3 is 0 Å². The highest BCUT2D eigenvalue weighted by Gasteiger charge is 2.17. The van der Waals surface area contributed by atoms with Crippen molar-refractivity contribution in [2.75, 3.05) is 20.8 Å². The number of nitrogens with one attached hydrogen (secondary N) is 1. The number of amides is 1. The molecule has 3 rings (SSSR count). The molecule has 0 aliphatic rings. The topological polar surface area (TPSA) is 78.3 Å². The molecular formula is C19H20N4O3. The van der Waals surface area contributed by atoms with Crippen molar-refractivity contribution in [1.82, 2.24) is 20.1 Å². The molecule has 0 saturated carbocycles. The van der Waals surface area contributed by atoms with Crippen molar-refractivity contribution in [3.05, 3.63) is 60.4 Å². The van der Waals surface area contributed by atoms with Crippen LogP contribution in [-0.4, -0.2) is 41.4 Å². The van der Waals surface area contributed by atoms with E-state index >= 15 is 0 Å². The number of nitrogens with zero attached hydrogens (tertiary/aromatic N) is 3. The van der Waals surface area contributed by atoms with Gasteiger partial charge in [-0.1, -0.05) is 12.1 Å². The quantitative estimate of drug-likeness (QED) is 0.706. The van der Waals surface area contributed by atoms with Gasteiger partial charge in [0, 0.05) is 18.9 Å². The second kappa shape index (κ2) is 8.15. The van der Waals surface area contributed by atoms with E-state index in [1.807, 2.05) is 30.5 Å². The summed E-state index contributed by atoms with van der Waals surface area (Å²) in [5, 5.41) is 7.34. The second-order valence-electron chi connectivity index (χ2n) is 5.47. The smallest absolute Gasteiger partial charge is 0.258 e. The molecular weight excluding hydrogens is 332 g/mol. The number of carbonyl (C=O) groups is 1. The molecule has 7 heteroatoms. The fourth-order valence-corrected chi connectivity index (χ4v) is 2.58. The number of pyridine rings is 1. The highest BCUT2D eigenvalue weighted by atomic mass is 16.5. The van der Waals surface area contributed by atoms with Gasteiger partial charge in [0.05, 0.1) is 26.5 Å². The van der Waals surface area contributed by atoms with Gasteiger partial charge in [0.1, 0.15) is 22.8 Å². The molecule has 0 spiro atoms. The van der Waals surface area contributed by atoms with Gasteiger partial charge in [-0.15, -0.1) is 0 Å². The number of ether oxygens (including phenoxy) is 2. The lowest BCUT2D eigenvalue weighted by molar-refractivity contribution is 0.0945. The first-order valence-corrected chi connectivity index (χ1v) is 8.17. The summed E-state index contributed by atoms with van der Waals surface area (Å²) >= 11 is 0. The monoisotopic (exact) mass is 352 g/mol. The molecule has 0 saturated heterocycles. The van der Waals surface area contributed by atoms with E-state index in [4.69, 9.17) is 9.47 Å². The summed E-state index contributed by atoms with van der Waals surface area (Å²) in [4.78, 5) is 16.8. The van der Waals surface area contributed by atoms with Gasteiger partial charge in [0.15, 0.2) is 0 Å². The maximum Gasteiger partial charge on any atom is 0.258 e. The fraction of sp³-hybridized carbons (Fsp3) is 0.211. The van der Waals surface area contributed by atoms with Crippen molar-refractivity contribution < 1.29 is 14.3 Å². The highest BCUT2D eigenvalue weighted by molar-refractivity contribution is 5.99. The number of methoxy groups -OCH3 is 2. The maximum atomic E-state index is 12.5. The number of aromatic nitrogens is 3. The molecule has 0 unspecified atom stereocenters. The van der Waals surface area contributed by atoms with Crippen LogP contribution in [0.25, 0.3) is 11.4 Å². The Morgan fingerprint density at radius 1 is 1.04 bits per heavy atom. The molecule has 1 aromatic carbocycles. The van der Waals surface area contributed by atoms with E-state index in [-0.39, 0.29) is 5.91 Å². The minimum absolute atomic E-state index is 0.253. The van der Waals surface area contributed by atoms with E-state index in [9.17, 15) is 4.79 Å². The summed E-state index contributed by atoms with van der Waals surface area (Å²) in [5.74, 6) is 0.688. The lowest BCUT2D eigenvalue weighted by atomic mass is 10.1. The summed E-state index contributed by atoms with van der Waals surface area (Å²) in [6.07, 6.45) is 3.59. The van der Waals surface area contributed by atoms with E-state index in [0.717, 1.165) is 11.4 Å². The van der Waals surface area contributed by atoms with E-state index in [0.29, 0.717) is 30.2 Å². The zero-order chi connectivity index (χ0) is 18.4. The van der Waals surface area contributed by atoms with E-state index in [1.165, 1.54) is 14.2 Å². The number of rotatable bonds is 7. The Balaban J connectivity index is 1.62. The van der Waals surface area contributed by atoms with Crippen molar-refractivity contribution in [2.45, 2.75) is 6.54 Å². The molecule has 0 bridgehead atoms. The minimum Gasteiger partial charge on any atom is -0.496 e. The van der Waals surface area contributed by atoms with Crippen molar-refractivity contribution >= 4 is 5.91 Å². The first-order valence-electron chi connectivity index (χ1n) is 8.17. The Bertz CT molecular complexity index is 855. The molecule has 2 aromatic heterocycles. The average molecular weight is 352 g/mol. The molecule has 1 amide bonds. The van der Waals surface area contributed by atoms with Crippen LogP contribution in [0.15, 0.2) is 54.9 Å². The zero-order valence-electron chi connectivity index (χ0n) is 14.7. The van der Waals surface area contributed by atoms with Crippen LogP contribution in [0, 0.1) is 0 Å². The number of benzene rings is 1. The molecule has 0 fully saturated rings. The molecule has 0 radical (unpaired) electrons. The van der Waals surface area contributed by atoms with Crippen LogP contribution in [-0.2, 0) is 6.54 Å². The van der Waals surface area contributed by atoms with E-state index in [1.54, 1.807) is 29.1 Å². The van der Waals surface area contributed by atoms with Gasteiger partial charge in [0.2, 0.25) is 0 Å². The molecule has 0 aliphatic carbocycles. The van der Waals surface area contributed by atoms with Gasteiger partial charge < -0.3 is 14.8 Å². The Hall–Kier alpha value is -3.35. The first-order chi connectivity index (χ1) is 12.7. The average Bonchev–Trinajstić information content (AvgIpc) is 3.16. The van der Waals surface area contributed by atoms with Crippen LogP contribution in [0.5, 0.6) is 11.5 Å². The molecule has 0 atom stereocenters. The van der Waals surface area contributed by atoms with E-state index < -0.39 is 0 Å². The number of hydrogen-bond donors (Lipinski definition) is 1. The predicted octanol–water partition coefficient (Wildman–Crippen LogP) is 2.39. The lowest BCUT2D eigenvalue weighted by Crippen LogP contribution is -2.28. The van der Waals surface area contributed by atoms with E-state index in [2.05, 4.69) is 15.4 Å². The van der Waals surface area contributed by atoms with Crippen molar-refractivity contribution in [3.8, 4) is 22.9 Å². The predicted molar refractivity (Wildman–Crippen MR) is 97.3 cm³/mol. The summed E-state index contributed by atoms with van der Waals surface area (Å²) in [6.45, 7) is 0.958. The largest absolute Gasteiger partial charge is 0.496 e. The fourth-order valence-electron chi connectivity index (χ4n) is 2.58. The Morgan fingerprint density at radius 3 is 2.46 bits per heavy atom. The van der Waals surface area contributed by atoms with Crippen LogP contribution in [0.2, 0.25) is 0 Å². The second-order valence-corrected chi connectivity index (χ2v) is 5.47. The van der Waals surface area contributed by atoms with Crippen LogP contribution >= 0.6 is 0 Å². The zero-order valence-corrected chi connectivity index (χ0v) is 14.7. The summed E-state index contributed by atoms with van der Waals surface area (Å²) in [7, 11) is 3.04. The van der Waals surface area contributed by atoms with Crippen LogP contribution in [0.1, 0.15) is 10.4 Å². The van der Waals surface area contributed by atoms with Gasteiger partial charge in [-0.05, 0) is 30.3 Å². The van der Waals surface area contributed by atoms with Crippen LogP contribution in [0.4, 0.5) is 0 Å². The standard InChI is InChI=1S/C19H20N4O3/c1-25-16-7-5-8-17(26-2)18(16)19(24)21-11-13-23-12-9-15(22-23)14-6-3-4-10-20-14/h3-10,12H,11,13H2,1-2H3,(H,21,24). The van der Waals surface area contributed by atoms with Gasteiger partial charge in [0.25, 0.3) is 5.91 Å². The van der Waals surface area contributed by atoms with Crippen LogP contribution < -0.4 is 14.8 Å². The Kier molecular flexibility index (Phi) is 5.48. The van der Waals surface area contributed by atoms with Crippen molar-refractivity contribution in [1.29, 1.82) is 0 Å². The molecule has 0 aliphatic heterocycles. The highest BCUT2D eigenvalue weighted by Crippen LogP contribution is 2.27. The third-order valence-corrected chi connectivity index (χ3v) is 3.85. The molecule has 1 N–H and O–H groups in total. The normalized spacial score (nSPS) is 10.4. The van der Waals surface area contributed by atoms with Gasteiger partial charge in [-0.25, -0.2) is 0 Å². The van der Waals surface area contributed by atoms with Gasteiger partial charge in [-0.2, -0.15) is 5.10 Å². The molecule has 134 valence electrons. The third-order valence-electron chi connectivity index (χ3n) is 3.85. The molecule has 26 heavy (non-hydrogen) atoms. The van der Waals surface area contributed by atoms with Crippen molar-refractivity contribution in [2.24, 2.45) is 0 Å².